The van der Waals surface area contributed by atoms with Crippen LogP contribution in [0.25, 0.3) is 0 Å². The lowest BCUT2D eigenvalue weighted by Gasteiger charge is -2.36. The van der Waals surface area contributed by atoms with Crippen molar-refractivity contribution in [2.24, 2.45) is 0 Å². The lowest BCUT2D eigenvalue weighted by atomic mass is 9.91. The van der Waals surface area contributed by atoms with Gasteiger partial charge in [0, 0.05) is 24.2 Å². The smallest absolute Gasteiger partial charge is 0.268 e. The number of hydrogen-bond donors (Lipinski definition) is 4. The van der Waals surface area contributed by atoms with Gasteiger partial charge in [0.2, 0.25) is 5.91 Å². The van der Waals surface area contributed by atoms with Crippen LogP contribution in [0.5, 0.6) is 0 Å². The zero-order valence-corrected chi connectivity index (χ0v) is 17.7. The van der Waals surface area contributed by atoms with Crippen molar-refractivity contribution in [1.82, 2.24) is 20.5 Å². The maximum atomic E-state index is 13.7. The molecule has 8 nitrogen and oxygen atoms in total. The number of amides is 3. The number of carbonyl (C=O) groups is 3. The summed E-state index contributed by atoms with van der Waals surface area (Å²) < 4.78 is 31.3. The van der Waals surface area contributed by atoms with Gasteiger partial charge in [0.25, 0.3) is 18.2 Å². The first kappa shape index (κ1) is 24.5. The predicted octanol–water partition coefficient (Wildman–Crippen LogP) is 1.31. The fraction of sp³-hybridized carbons (Fsp3) is 0.238. The fourth-order valence-corrected chi connectivity index (χ4v) is 3.03. The summed E-state index contributed by atoms with van der Waals surface area (Å²) in [5.74, 6) is 7.88. The van der Waals surface area contributed by atoms with Gasteiger partial charge in [-0.25, -0.2) is 14.3 Å². The standard InChI is InChI=1S/C21H18F2N4O4S/c1-13(28)26-21(2,20(22)23)17(19(30)27-31)25-18(29)15-9-7-14(8-10-15)5-3-4-6-16-11-12-24-32-16/h7-12,17,20,31H,1-2H3,(H,25,29)(H,26,28)(H,27,30)/t17-,21?/m1/s1. The molecule has 0 aliphatic heterocycles. The molecule has 0 spiro atoms. The highest BCUT2D eigenvalue weighted by atomic mass is 32.1. The quantitative estimate of drug-likeness (QED) is 0.294. The highest BCUT2D eigenvalue weighted by Crippen LogP contribution is 2.21. The Morgan fingerprint density at radius 1 is 1.12 bits per heavy atom. The zero-order chi connectivity index (χ0) is 23.7. The summed E-state index contributed by atoms with van der Waals surface area (Å²) in [5, 5.41) is 13.0. The molecule has 3 amide bonds. The maximum Gasteiger partial charge on any atom is 0.268 e. The van der Waals surface area contributed by atoms with E-state index in [4.69, 9.17) is 5.21 Å². The van der Waals surface area contributed by atoms with Crippen molar-refractivity contribution < 1.29 is 28.4 Å². The largest absolute Gasteiger partial charge is 0.343 e. The average molecular weight is 460 g/mol. The van der Waals surface area contributed by atoms with Crippen LogP contribution in [-0.4, -0.2) is 45.3 Å². The van der Waals surface area contributed by atoms with Gasteiger partial charge in [0.1, 0.15) is 11.6 Å². The molecule has 32 heavy (non-hydrogen) atoms. The minimum atomic E-state index is -3.24. The number of hydroxylamine groups is 1. The number of benzene rings is 1. The average Bonchev–Trinajstić information content (AvgIpc) is 3.27. The summed E-state index contributed by atoms with van der Waals surface area (Å²) in [5.41, 5.74) is -0.660. The molecule has 2 atom stereocenters. The van der Waals surface area contributed by atoms with E-state index in [1.807, 2.05) is 5.32 Å². The van der Waals surface area contributed by atoms with Gasteiger partial charge in [-0.15, -0.1) is 0 Å². The van der Waals surface area contributed by atoms with Gasteiger partial charge in [0.15, 0.2) is 0 Å². The summed E-state index contributed by atoms with van der Waals surface area (Å²) in [6, 6.07) is 5.56. The Morgan fingerprint density at radius 2 is 1.78 bits per heavy atom. The molecular weight excluding hydrogens is 442 g/mol. The second-order valence-corrected chi connectivity index (χ2v) is 7.43. The summed E-state index contributed by atoms with van der Waals surface area (Å²) in [7, 11) is 0. The molecule has 1 unspecified atom stereocenters. The third-order valence-electron chi connectivity index (χ3n) is 4.19. The number of halogens is 2. The van der Waals surface area contributed by atoms with Crippen LogP contribution in [0.2, 0.25) is 0 Å². The van der Waals surface area contributed by atoms with Gasteiger partial charge in [-0.2, -0.15) is 4.37 Å². The molecule has 4 N–H and O–H groups in total. The molecule has 0 bridgehead atoms. The summed E-state index contributed by atoms with van der Waals surface area (Å²) in [4.78, 5) is 36.7. The third-order valence-corrected chi connectivity index (χ3v) is 4.85. The Kier molecular flexibility index (Phi) is 8.41. The van der Waals surface area contributed by atoms with E-state index in [0.717, 1.165) is 18.7 Å². The molecule has 1 aromatic carbocycles. The van der Waals surface area contributed by atoms with Crippen LogP contribution in [0.4, 0.5) is 8.78 Å². The molecule has 1 aromatic heterocycles. The zero-order valence-electron chi connectivity index (χ0n) is 16.9. The van der Waals surface area contributed by atoms with Crippen LogP contribution in [0.1, 0.15) is 34.6 Å². The molecular formula is C21H18F2N4O4S. The molecule has 11 heteroatoms. The highest BCUT2D eigenvalue weighted by Gasteiger charge is 2.48. The Bertz CT molecular complexity index is 1100. The van der Waals surface area contributed by atoms with Crippen molar-refractivity contribution >= 4 is 29.3 Å². The van der Waals surface area contributed by atoms with E-state index in [-0.39, 0.29) is 5.56 Å². The molecule has 0 radical (unpaired) electrons. The molecule has 0 saturated heterocycles. The van der Waals surface area contributed by atoms with Crippen molar-refractivity contribution in [3.8, 4) is 23.7 Å². The number of alkyl halides is 2. The maximum absolute atomic E-state index is 13.7. The summed E-state index contributed by atoms with van der Waals surface area (Å²) in [6.45, 7) is 1.86. The van der Waals surface area contributed by atoms with Crippen molar-refractivity contribution in [1.29, 1.82) is 0 Å². The minimum absolute atomic E-state index is 0.0430. The Labute approximate surface area is 186 Å². The number of rotatable bonds is 6. The van der Waals surface area contributed by atoms with Crippen molar-refractivity contribution in [3.63, 3.8) is 0 Å². The van der Waals surface area contributed by atoms with Crippen LogP contribution in [-0.2, 0) is 9.59 Å². The molecule has 0 aliphatic rings. The predicted molar refractivity (Wildman–Crippen MR) is 112 cm³/mol. The second kappa shape index (κ2) is 11.0. The van der Waals surface area contributed by atoms with E-state index in [1.54, 1.807) is 12.3 Å². The van der Waals surface area contributed by atoms with E-state index < -0.39 is 35.7 Å². The normalized spacial score (nSPS) is 12.8. The van der Waals surface area contributed by atoms with Crippen LogP contribution in [0, 0.1) is 23.7 Å². The van der Waals surface area contributed by atoms with Crippen molar-refractivity contribution in [3.05, 3.63) is 52.5 Å². The molecule has 2 rings (SSSR count). The number of carbonyl (C=O) groups excluding carboxylic acids is 3. The molecule has 2 aromatic rings. The summed E-state index contributed by atoms with van der Waals surface area (Å²) >= 11 is 1.24. The van der Waals surface area contributed by atoms with Gasteiger partial charge in [0.05, 0.1) is 4.88 Å². The van der Waals surface area contributed by atoms with Gasteiger partial charge in [-0.1, -0.05) is 5.92 Å². The van der Waals surface area contributed by atoms with Crippen molar-refractivity contribution in [2.75, 3.05) is 0 Å². The number of hydrogen-bond acceptors (Lipinski definition) is 6. The van der Waals surface area contributed by atoms with Crippen LogP contribution < -0.4 is 16.1 Å². The molecule has 166 valence electrons. The number of aromatic nitrogens is 1. The van der Waals surface area contributed by atoms with Crippen molar-refractivity contribution in [2.45, 2.75) is 31.9 Å². The van der Waals surface area contributed by atoms with Crippen LogP contribution >= 0.6 is 11.5 Å². The van der Waals surface area contributed by atoms with E-state index in [0.29, 0.717) is 5.56 Å². The first-order valence-corrected chi connectivity index (χ1v) is 9.79. The lowest BCUT2D eigenvalue weighted by molar-refractivity contribution is -0.137. The van der Waals surface area contributed by atoms with E-state index >= 15 is 0 Å². The Morgan fingerprint density at radius 3 is 2.31 bits per heavy atom. The third kappa shape index (κ3) is 6.35. The van der Waals surface area contributed by atoms with E-state index in [9.17, 15) is 23.2 Å². The van der Waals surface area contributed by atoms with Gasteiger partial charge >= 0.3 is 0 Å². The monoisotopic (exact) mass is 460 g/mol. The Hall–Kier alpha value is -3.80. The fourth-order valence-electron chi connectivity index (χ4n) is 2.58. The van der Waals surface area contributed by atoms with E-state index in [1.165, 1.54) is 41.3 Å². The van der Waals surface area contributed by atoms with Crippen LogP contribution in [0.3, 0.4) is 0 Å². The topological polar surface area (TPSA) is 120 Å². The van der Waals surface area contributed by atoms with E-state index in [2.05, 4.69) is 33.4 Å². The number of nitrogens with zero attached hydrogens (tertiary/aromatic N) is 1. The van der Waals surface area contributed by atoms with Gasteiger partial charge in [-0.05, 0) is 66.5 Å². The van der Waals surface area contributed by atoms with Gasteiger partial charge < -0.3 is 10.6 Å². The molecule has 1 heterocycles. The first-order chi connectivity index (χ1) is 15.2. The van der Waals surface area contributed by atoms with Gasteiger partial charge in [-0.3, -0.25) is 19.6 Å². The van der Waals surface area contributed by atoms with Crippen LogP contribution in [0.15, 0.2) is 36.5 Å². The SMILES string of the molecule is CC(=O)NC(C)(C(F)F)[C@H](NC(=O)c1ccc(C#CC#Cc2ccns2)cc1)C(=O)NO. The highest BCUT2D eigenvalue weighted by molar-refractivity contribution is 7.06. The lowest BCUT2D eigenvalue weighted by Crippen LogP contribution is -2.68. The second-order valence-electron chi connectivity index (χ2n) is 6.60. The molecule has 0 saturated carbocycles. The summed E-state index contributed by atoms with van der Waals surface area (Å²) in [6.07, 6.45) is -1.61. The Balaban J connectivity index is 2.18. The number of nitrogens with one attached hydrogen (secondary N) is 3. The minimum Gasteiger partial charge on any atom is -0.343 e. The molecule has 0 fully saturated rings. The molecule has 0 aliphatic carbocycles. The first-order valence-electron chi connectivity index (χ1n) is 9.02.